The summed E-state index contributed by atoms with van der Waals surface area (Å²) in [6.07, 6.45) is 10.6. The number of alkyl halides is 1. The third-order valence-electron chi connectivity index (χ3n) is 5.76. The van der Waals surface area contributed by atoms with Gasteiger partial charge in [-0.15, -0.1) is 0 Å². The van der Waals surface area contributed by atoms with Crippen LogP contribution in [-0.2, 0) is 4.74 Å². The van der Waals surface area contributed by atoms with Crippen LogP contribution in [0.2, 0.25) is 0 Å². The summed E-state index contributed by atoms with van der Waals surface area (Å²) in [5, 5.41) is 0. The highest BCUT2D eigenvalue weighted by Crippen LogP contribution is 2.57. The van der Waals surface area contributed by atoms with Gasteiger partial charge in [-0.3, -0.25) is 0 Å². The minimum absolute atomic E-state index is 0.0590. The van der Waals surface area contributed by atoms with Gasteiger partial charge < -0.3 is 4.74 Å². The largest absolute Gasteiger partial charge is 0.356 e. The molecular formula is C16H27ClO. The molecular weight excluding hydrogens is 244 g/mol. The Kier molecular flexibility index (Phi) is 3.66. The zero-order valence-corrected chi connectivity index (χ0v) is 12.6. The van der Waals surface area contributed by atoms with E-state index < -0.39 is 0 Å². The van der Waals surface area contributed by atoms with Crippen molar-refractivity contribution in [3.05, 3.63) is 0 Å². The standard InChI is InChI=1S/C16H27ClO/c1-3-14(4-2)15(17)18-16-8-11-5-12(9-16)7-13(6-11)10-16/h11-15H,3-10H2,1-2H3. The van der Waals surface area contributed by atoms with Crippen molar-refractivity contribution in [1.82, 2.24) is 0 Å². The smallest absolute Gasteiger partial charge is 0.134 e. The Labute approximate surface area is 117 Å². The van der Waals surface area contributed by atoms with Gasteiger partial charge in [0.15, 0.2) is 0 Å². The molecule has 0 aromatic rings. The van der Waals surface area contributed by atoms with E-state index in [9.17, 15) is 0 Å². The monoisotopic (exact) mass is 270 g/mol. The van der Waals surface area contributed by atoms with Crippen molar-refractivity contribution < 1.29 is 4.74 Å². The zero-order valence-electron chi connectivity index (χ0n) is 11.8. The van der Waals surface area contributed by atoms with Crippen molar-refractivity contribution in [2.24, 2.45) is 23.7 Å². The van der Waals surface area contributed by atoms with Gasteiger partial charge in [0.05, 0.1) is 5.60 Å². The fourth-order valence-electron chi connectivity index (χ4n) is 5.17. The molecule has 0 radical (unpaired) electrons. The molecule has 2 heteroatoms. The first-order valence-electron chi connectivity index (χ1n) is 7.96. The lowest BCUT2D eigenvalue weighted by atomic mass is 9.54. The second-order valence-corrected chi connectivity index (χ2v) is 7.58. The summed E-state index contributed by atoms with van der Waals surface area (Å²) in [4.78, 5) is 0. The van der Waals surface area contributed by atoms with E-state index in [0.717, 1.165) is 30.6 Å². The van der Waals surface area contributed by atoms with Gasteiger partial charge in [0, 0.05) is 0 Å². The van der Waals surface area contributed by atoms with Crippen molar-refractivity contribution >= 4 is 11.6 Å². The number of halogens is 1. The molecule has 0 N–H and O–H groups in total. The van der Waals surface area contributed by atoms with E-state index in [0.29, 0.717) is 5.92 Å². The molecule has 104 valence electrons. The summed E-state index contributed by atoms with van der Waals surface area (Å²) >= 11 is 6.56. The van der Waals surface area contributed by atoms with Gasteiger partial charge in [-0.25, -0.2) is 0 Å². The summed E-state index contributed by atoms with van der Waals surface area (Å²) in [5.41, 5.74) is 0.111. The molecule has 4 saturated carbocycles. The Balaban J connectivity index is 1.68. The molecule has 1 atom stereocenters. The maximum Gasteiger partial charge on any atom is 0.134 e. The lowest BCUT2D eigenvalue weighted by Crippen LogP contribution is -2.53. The van der Waals surface area contributed by atoms with Crippen LogP contribution in [0.3, 0.4) is 0 Å². The van der Waals surface area contributed by atoms with Crippen LogP contribution < -0.4 is 0 Å². The first-order chi connectivity index (χ1) is 8.64. The van der Waals surface area contributed by atoms with Crippen LogP contribution in [-0.4, -0.2) is 11.2 Å². The molecule has 4 aliphatic rings. The second kappa shape index (κ2) is 4.98. The minimum atomic E-state index is -0.0590. The third-order valence-corrected chi connectivity index (χ3v) is 6.21. The Morgan fingerprint density at radius 3 is 1.83 bits per heavy atom. The fourth-order valence-corrected chi connectivity index (χ4v) is 5.72. The molecule has 0 spiro atoms. The molecule has 4 aliphatic carbocycles. The van der Waals surface area contributed by atoms with E-state index in [1.807, 2.05) is 0 Å². The van der Waals surface area contributed by atoms with E-state index in [2.05, 4.69) is 13.8 Å². The summed E-state index contributed by atoms with van der Waals surface area (Å²) in [5.74, 6) is 3.37. The van der Waals surface area contributed by atoms with Crippen LogP contribution in [0, 0.1) is 23.7 Å². The van der Waals surface area contributed by atoms with E-state index in [1.165, 1.54) is 38.5 Å². The van der Waals surface area contributed by atoms with Gasteiger partial charge in [-0.2, -0.15) is 0 Å². The van der Waals surface area contributed by atoms with Crippen LogP contribution in [0.25, 0.3) is 0 Å². The van der Waals surface area contributed by atoms with Crippen molar-refractivity contribution in [1.29, 1.82) is 0 Å². The molecule has 1 nitrogen and oxygen atoms in total. The molecule has 4 fully saturated rings. The van der Waals surface area contributed by atoms with Crippen LogP contribution in [0.5, 0.6) is 0 Å². The van der Waals surface area contributed by atoms with Crippen LogP contribution in [0.15, 0.2) is 0 Å². The Morgan fingerprint density at radius 1 is 1.00 bits per heavy atom. The lowest BCUT2D eigenvalue weighted by Gasteiger charge is -2.57. The third kappa shape index (κ3) is 2.33. The van der Waals surface area contributed by atoms with Gasteiger partial charge in [-0.05, 0) is 75.0 Å². The summed E-state index contributed by atoms with van der Waals surface area (Å²) in [7, 11) is 0. The minimum Gasteiger partial charge on any atom is -0.356 e. The Bertz CT molecular complexity index is 262. The van der Waals surface area contributed by atoms with E-state index in [-0.39, 0.29) is 11.2 Å². The molecule has 4 bridgehead atoms. The quantitative estimate of drug-likeness (QED) is 0.641. The molecule has 0 aromatic carbocycles. The van der Waals surface area contributed by atoms with E-state index in [1.54, 1.807) is 0 Å². The van der Waals surface area contributed by atoms with Gasteiger partial charge in [0.1, 0.15) is 5.56 Å². The van der Waals surface area contributed by atoms with Crippen LogP contribution in [0.1, 0.15) is 65.2 Å². The highest BCUT2D eigenvalue weighted by molar-refractivity contribution is 6.19. The van der Waals surface area contributed by atoms with Gasteiger partial charge in [0.25, 0.3) is 0 Å². The van der Waals surface area contributed by atoms with E-state index in [4.69, 9.17) is 16.3 Å². The van der Waals surface area contributed by atoms with Gasteiger partial charge >= 0.3 is 0 Å². The molecule has 4 rings (SSSR count). The summed E-state index contributed by atoms with van der Waals surface area (Å²) in [6, 6.07) is 0. The molecule has 0 amide bonds. The Morgan fingerprint density at radius 2 is 1.44 bits per heavy atom. The summed E-state index contributed by atoms with van der Waals surface area (Å²) in [6.45, 7) is 4.46. The number of ether oxygens (including phenoxy) is 1. The highest BCUT2D eigenvalue weighted by atomic mass is 35.5. The predicted molar refractivity (Wildman–Crippen MR) is 75.7 cm³/mol. The first kappa shape index (κ1) is 13.2. The average molecular weight is 271 g/mol. The maximum atomic E-state index is 6.56. The Hall–Kier alpha value is 0.250. The first-order valence-corrected chi connectivity index (χ1v) is 8.39. The zero-order chi connectivity index (χ0) is 12.8. The van der Waals surface area contributed by atoms with Crippen molar-refractivity contribution in [3.63, 3.8) is 0 Å². The normalized spacial score (nSPS) is 43.7. The highest BCUT2D eigenvalue weighted by Gasteiger charge is 2.52. The fraction of sp³-hybridized carbons (Fsp3) is 1.00. The maximum absolute atomic E-state index is 6.56. The van der Waals surface area contributed by atoms with E-state index >= 15 is 0 Å². The number of hydrogen-bond acceptors (Lipinski definition) is 1. The molecule has 0 saturated heterocycles. The molecule has 1 unspecified atom stereocenters. The lowest BCUT2D eigenvalue weighted by molar-refractivity contribution is -0.180. The SMILES string of the molecule is CCC(CC)C(Cl)OC12CC3CC(CC(C3)C1)C2. The van der Waals surface area contributed by atoms with Crippen LogP contribution >= 0.6 is 11.6 Å². The van der Waals surface area contributed by atoms with Gasteiger partial charge in [-0.1, -0.05) is 25.4 Å². The molecule has 0 aliphatic heterocycles. The second-order valence-electron chi connectivity index (χ2n) is 7.15. The topological polar surface area (TPSA) is 9.23 Å². The van der Waals surface area contributed by atoms with Crippen molar-refractivity contribution in [2.45, 2.75) is 76.4 Å². The molecule has 0 aromatic heterocycles. The van der Waals surface area contributed by atoms with Gasteiger partial charge in [0.2, 0.25) is 0 Å². The average Bonchev–Trinajstić information content (AvgIpc) is 2.27. The van der Waals surface area contributed by atoms with Crippen LogP contribution in [0.4, 0.5) is 0 Å². The predicted octanol–water partition coefficient (Wildman–Crippen LogP) is 4.97. The van der Waals surface area contributed by atoms with Crippen molar-refractivity contribution in [3.8, 4) is 0 Å². The molecule has 0 heterocycles. The van der Waals surface area contributed by atoms with Crippen molar-refractivity contribution in [2.75, 3.05) is 0 Å². The number of hydrogen-bond donors (Lipinski definition) is 0. The summed E-state index contributed by atoms with van der Waals surface area (Å²) < 4.78 is 6.46. The number of rotatable bonds is 5. The molecule has 18 heavy (non-hydrogen) atoms.